The van der Waals surface area contributed by atoms with Crippen LogP contribution in [0.5, 0.6) is 0 Å². The second-order valence-corrected chi connectivity index (χ2v) is 9.72. The third-order valence-electron chi connectivity index (χ3n) is 5.42. The molecule has 1 aromatic heterocycles. The number of rotatable bonds is 9. The Kier molecular flexibility index (Phi) is 7.26. The zero-order valence-electron chi connectivity index (χ0n) is 18.8. The second kappa shape index (κ2) is 10.4. The maximum Gasteiger partial charge on any atom is 0.352 e. The van der Waals surface area contributed by atoms with Gasteiger partial charge in [0.05, 0.1) is 5.56 Å². The van der Waals surface area contributed by atoms with Gasteiger partial charge in [0, 0.05) is 11.1 Å². The highest BCUT2D eigenvalue weighted by Gasteiger charge is 2.54. The van der Waals surface area contributed by atoms with Gasteiger partial charge in [-0.3, -0.25) is 14.5 Å². The molecular weight excluding hydrogens is 510 g/mol. The van der Waals surface area contributed by atoms with Crippen molar-refractivity contribution in [2.24, 2.45) is 5.16 Å². The van der Waals surface area contributed by atoms with E-state index in [1.807, 2.05) is 0 Å². The molecule has 1 aromatic carbocycles. The average molecular weight is 532 g/mol. The quantitative estimate of drug-likeness (QED) is 0.208. The minimum atomic E-state index is -1.26. The Morgan fingerprint density at radius 3 is 2.56 bits per heavy atom. The first-order valence-electron chi connectivity index (χ1n) is 10.7. The Hall–Kier alpha value is -3.91. The number of carbonyl (C=O) groups excluding carboxylic acids is 2. The number of fused-ring (bicyclic) bond motifs is 1. The Balaban J connectivity index is 1.52. The van der Waals surface area contributed by atoms with Crippen LogP contribution in [0.2, 0.25) is 0 Å². The van der Waals surface area contributed by atoms with Gasteiger partial charge < -0.3 is 26.1 Å². The standard InChI is InChI=1S/C22H21N5O7S2/c1-2-34-26-14(13-9-36-22(23)24-13)17(28)25-15-18(29)27-16(21(32)33)12(8-35-19(15)27)7-10-3-5-11(6-4-10)20(30)31/h3-6,9,15,19H,2,7-8H2,1H3,(H2,23,24)(H,25,28)(H,30,31)(H,32,33)/b26-14-/t15-,19-/m1/s1. The summed E-state index contributed by atoms with van der Waals surface area (Å²) < 4.78 is 0. The Labute approximate surface area is 212 Å². The molecule has 0 saturated carbocycles. The smallest absolute Gasteiger partial charge is 0.352 e. The number of thioether (sulfide) groups is 1. The molecule has 188 valence electrons. The van der Waals surface area contributed by atoms with Crippen molar-refractivity contribution in [2.45, 2.75) is 24.8 Å². The summed E-state index contributed by atoms with van der Waals surface area (Å²) in [4.78, 5) is 59.3. The van der Waals surface area contributed by atoms with Crippen molar-refractivity contribution in [2.75, 3.05) is 18.1 Å². The van der Waals surface area contributed by atoms with E-state index in [0.29, 0.717) is 16.9 Å². The number of nitrogens with one attached hydrogen (secondary N) is 1. The van der Waals surface area contributed by atoms with E-state index in [1.54, 1.807) is 19.1 Å². The van der Waals surface area contributed by atoms with Gasteiger partial charge in [0.2, 0.25) is 0 Å². The molecule has 0 radical (unpaired) electrons. The molecule has 36 heavy (non-hydrogen) atoms. The molecule has 0 aliphatic carbocycles. The number of carboxylic acid groups (broad SMARTS) is 2. The zero-order chi connectivity index (χ0) is 26.0. The van der Waals surface area contributed by atoms with E-state index >= 15 is 0 Å². The summed E-state index contributed by atoms with van der Waals surface area (Å²) in [6.45, 7) is 1.90. The van der Waals surface area contributed by atoms with Crippen LogP contribution in [0.15, 0.2) is 46.1 Å². The van der Waals surface area contributed by atoms with Crippen LogP contribution in [0, 0.1) is 0 Å². The van der Waals surface area contributed by atoms with Crippen molar-refractivity contribution in [1.29, 1.82) is 0 Å². The number of nitrogens with zero attached hydrogens (tertiary/aromatic N) is 3. The molecule has 2 aliphatic heterocycles. The third-order valence-corrected chi connectivity index (χ3v) is 7.43. The number of thiazole rings is 1. The molecule has 0 bridgehead atoms. The highest BCUT2D eigenvalue weighted by molar-refractivity contribution is 8.00. The lowest BCUT2D eigenvalue weighted by Crippen LogP contribution is -2.71. The predicted octanol–water partition coefficient (Wildman–Crippen LogP) is 1.15. The molecule has 2 aromatic rings. The SMILES string of the molecule is CCO/N=C(\C(=O)N[C@@H]1C(=O)N2C(C(=O)O)=C(Cc3ccc(C(=O)O)cc3)CS[C@H]12)c1csc(N)n1. The molecule has 0 spiro atoms. The number of β-lactam (4-membered cyclic amide) rings is 1. The molecule has 2 amide bonds. The molecule has 2 aliphatic rings. The van der Waals surface area contributed by atoms with Crippen molar-refractivity contribution in [3.63, 3.8) is 0 Å². The summed E-state index contributed by atoms with van der Waals surface area (Å²) in [5.74, 6) is -3.27. The molecule has 1 fully saturated rings. The van der Waals surface area contributed by atoms with Crippen LogP contribution in [0.25, 0.3) is 0 Å². The van der Waals surface area contributed by atoms with Crippen LogP contribution in [0.1, 0.15) is 28.5 Å². The molecule has 1 saturated heterocycles. The van der Waals surface area contributed by atoms with Crippen LogP contribution in [0.3, 0.4) is 0 Å². The maximum atomic E-state index is 13.0. The lowest BCUT2D eigenvalue weighted by molar-refractivity contribution is -0.150. The molecule has 12 nitrogen and oxygen atoms in total. The summed E-state index contributed by atoms with van der Waals surface area (Å²) in [6.07, 6.45) is 0.235. The number of aromatic nitrogens is 1. The number of anilines is 1. The number of nitrogen functional groups attached to an aromatic ring is 1. The molecule has 3 heterocycles. The molecule has 0 unspecified atom stereocenters. The molecule has 4 rings (SSSR count). The fraction of sp³-hybridized carbons (Fsp3) is 0.273. The van der Waals surface area contributed by atoms with Gasteiger partial charge in [-0.05, 0) is 36.6 Å². The Morgan fingerprint density at radius 2 is 1.97 bits per heavy atom. The van der Waals surface area contributed by atoms with E-state index in [1.165, 1.54) is 34.2 Å². The van der Waals surface area contributed by atoms with E-state index in [-0.39, 0.29) is 40.8 Å². The maximum absolute atomic E-state index is 13.0. The van der Waals surface area contributed by atoms with E-state index in [4.69, 9.17) is 15.7 Å². The van der Waals surface area contributed by atoms with E-state index in [0.717, 1.165) is 11.3 Å². The van der Waals surface area contributed by atoms with Crippen LogP contribution in [-0.2, 0) is 25.6 Å². The number of aromatic carboxylic acids is 1. The van der Waals surface area contributed by atoms with Gasteiger partial charge in [-0.15, -0.1) is 23.1 Å². The monoisotopic (exact) mass is 531 g/mol. The van der Waals surface area contributed by atoms with Crippen LogP contribution < -0.4 is 11.1 Å². The number of hydrogen-bond acceptors (Lipinski definition) is 10. The van der Waals surface area contributed by atoms with Crippen molar-refractivity contribution in [1.82, 2.24) is 15.2 Å². The number of nitrogens with two attached hydrogens (primary N) is 1. The Morgan fingerprint density at radius 1 is 1.25 bits per heavy atom. The first kappa shape index (κ1) is 25.2. The van der Waals surface area contributed by atoms with Crippen molar-refractivity contribution in [3.05, 3.63) is 57.7 Å². The number of aliphatic carboxylic acids is 1. The third kappa shape index (κ3) is 4.90. The van der Waals surface area contributed by atoms with Gasteiger partial charge in [0.1, 0.15) is 29.4 Å². The summed E-state index contributed by atoms with van der Waals surface area (Å²) in [6, 6.07) is 5.14. The van der Waals surface area contributed by atoms with Gasteiger partial charge in [0.25, 0.3) is 11.8 Å². The summed E-state index contributed by atoms with van der Waals surface area (Å²) in [7, 11) is 0. The summed E-state index contributed by atoms with van der Waals surface area (Å²) in [5, 5.41) is 26.5. The number of carbonyl (C=O) groups is 4. The lowest BCUT2D eigenvalue weighted by Gasteiger charge is -2.49. The van der Waals surface area contributed by atoms with Crippen LogP contribution in [-0.4, -0.2) is 73.3 Å². The number of oxime groups is 1. The fourth-order valence-electron chi connectivity index (χ4n) is 3.77. The minimum Gasteiger partial charge on any atom is -0.478 e. The first-order chi connectivity index (χ1) is 17.2. The van der Waals surface area contributed by atoms with Crippen molar-refractivity contribution < 1.29 is 34.2 Å². The van der Waals surface area contributed by atoms with Gasteiger partial charge in [-0.25, -0.2) is 14.6 Å². The van der Waals surface area contributed by atoms with Gasteiger partial charge in [0.15, 0.2) is 10.8 Å². The van der Waals surface area contributed by atoms with E-state index in [2.05, 4.69) is 15.5 Å². The zero-order valence-corrected chi connectivity index (χ0v) is 20.5. The second-order valence-electron chi connectivity index (χ2n) is 7.73. The molecule has 14 heteroatoms. The van der Waals surface area contributed by atoms with Crippen LogP contribution >= 0.6 is 23.1 Å². The number of benzene rings is 1. The molecular formula is C22H21N5O7S2. The number of amides is 2. The highest BCUT2D eigenvalue weighted by atomic mass is 32.2. The van der Waals surface area contributed by atoms with Crippen molar-refractivity contribution >= 4 is 57.7 Å². The minimum absolute atomic E-state index is 0.119. The largest absolute Gasteiger partial charge is 0.478 e. The number of hydrogen-bond donors (Lipinski definition) is 4. The first-order valence-corrected chi connectivity index (χ1v) is 12.6. The summed E-state index contributed by atoms with van der Waals surface area (Å²) in [5.41, 5.74) is 6.93. The average Bonchev–Trinajstić information content (AvgIpc) is 3.28. The molecule has 5 N–H and O–H groups in total. The predicted molar refractivity (Wildman–Crippen MR) is 131 cm³/mol. The van der Waals surface area contributed by atoms with Gasteiger partial charge >= 0.3 is 11.9 Å². The van der Waals surface area contributed by atoms with Crippen molar-refractivity contribution in [3.8, 4) is 0 Å². The summed E-state index contributed by atoms with van der Waals surface area (Å²) >= 11 is 2.44. The van der Waals surface area contributed by atoms with Crippen LogP contribution in [0.4, 0.5) is 5.13 Å². The lowest BCUT2D eigenvalue weighted by atomic mass is 9.98. The molecule has 2 atom stereocenters. The normalized spacial score (nSPS) is 19.4. The fourth-order valence-corrected chi connectivity index (χ4v) is 5.66. The Bertz CT molecular complexity index is 1290. The number of carboxylic acids is 2. The topological polar surface area (TPSA) is 185 Å². The van der Waals surface area contributed by atoms with E-state index in [9.17, 15) is 24.3 Å². The van der Waals surface area contributed by atoms with E-state index < -0.39 is 35.2 Å². The van der Waals surface area contributed by atoms with Gasteiger partial charge in [-0.2, -0.15) is 0 Å². The van der Waals surface area contributed by atoms with Gasteiger partial charge in [-0.1, -0.05) is 17.3 Å². The highest BCUT2D eigenvalue weighted by Crippen LogP contribution is 2.41.